The van der Waals surface area contributed by atoms with E-state index in [9.17, 15) is 9.59 Å². The van der Waals surface area contributed by atoms with Gasteiger partial charge in [-0.25, -0.2) is 4.68 Å². The summed E-state index contributed by atoms with van der Waals surface area (Å²) in [6.45, 7) is 0.351. The number of carbonyl (C=O) groups is 1. The number of ether oxygens (including phenoxy) is 1. The van der Waals surface area contributed by atoms with Gasteiger partial charge < -0.3 is 10.1 Å². The van der Waals surface area contributed by atoms with Crippen LogP contribution in [-0.2, 0) is 22.6 Å². The van der Waals surface area contributed by atoms with Gasteiger partial charge in [0.1, 0.15) is 11.0 Å². The molecule has 0 atom stereocenters. The number of nitrogens with zero attached hydrogens (tertiary/aromatic N) is 2. The summed E-state index contributed by atoms with van der Waals surface area (Å²) in [4.78, 5) is 24.4. The fourth-order valence-electron chi connectivity index (χ4n) is 1.51. The number of thiophene rings is 1. The maximum absolute atomic E-state index is 12.1. The van der Waals surface area contributed by atoms with Gasteiger partial charge >= 0.3 is 5.97 Å². The molecule has 6 nitrogen and oxygen atoms in total. The molecule has 0 amide bonds. The third-order valence-corrected chi connectivity index (χ3v) is 5.31. The molecule has 2 rings (SSSR count). The van der Waals surface area contributed by atoms with Gasteiger partial charge in [0.05, 0.1) is 25.5 Å². The second kappa shape index (κ2) is 7.19. The van der Waals surface area contributed by atoms with Crippen molar-refractivity contribution in [3.05, 3.63) is 41.8 Å². The van der Waals surface area contributed by atoms with Crippen molar-refractivity contribution in [2.24, 2.45) is 0 Å². The second-order valence-corrected chi connectivity index (χ2v) is 6.60. The summed E-state index contributed by atoms with van der Waals surface area (Å²) >= 11 is 8.28. The van der Waals surface area contributed by atoms with Crippen LogP contribution in [0.25, 0.3) is 0 Å². The van der Waals surface area contributed by atoms with Gasteiger partial charge in [-0.3, -0.25) is 9.59 Å². The SMILES string of the molecule is COC(=O)Cn1ncc(NCc2sccc2Br)c(Br)c1=O. The van der Waals surface area contributed by atoms with Crippen LogP contribution in [0.15, 0.2) is 31.4 Å². The summed E-state index contributed by atoms with van der Waals surface area (Å²) in [5.41, 5.74) is 0.178. The standard InChI is InChI=1S/C12H11Br2N3O3S/c1-20-10(18)6-17-12(19)11(14)8(4-16-17)15-5-9-7(13)2-3-21-9/h2-4,15H,5-6H2,1H3. The van der Waals surface area contributed by atoms with Gasteiger partial charge in [0.15, 0.2) is 0 Å². The lowest BCUT2D eigenvalue weighted by atomic mass is 10.4. The highest BCUT2D eigenvalue weighted by Gasteiger charge is 2.12. The Morgan fingerprint density at radius 1 is 1.52 bits per heavy atom. The van der Waals surface area contributed by atoms with E-state index >= 15 is 0 Å². The fraction of sp³-hybridized carbons (Fsp3) is 0.250. The Labute approximate surface area is 141 Å². The van der Waals surface area contributed by atoms with E-state index in [1.54, 1.807) is 11.3 Å². The number of methoxy groups -OCH3 is 1. The molecule has 21 heavy (non-hydrogen) atoms. The first-order chi connectivity index (χ1) is 10.0. The molecule has 112 valence electrons. The molecule has 0 aliphatic heterocycles. The van der Waals surface area contributed by atoms with E-state index in [1.807, 2.05) is 11.4 Å². The minimum absolute atomic E-state index is 0.218. The maximum atomic E-state index is 12.1. The molecule has 0 aliphatic carbocycles. The molecule has 2 aromatic heterocycles. The average molecular weight is 437 g/mol. The Balaban J connectivity index is 2.15. The number of esters is 1. The molecule has 2 aromatic rings. The summed E-state index contributed by atoms with van der Waals surface area (Å²) < 4.78 is 6.90. The molecular weight excluding hydrogens is 426 g/mol. The molecular formula is C12H11Br2N3O3S. The first-order valence-corrected chi connectivity index (χ1v) is 8.27. The third kappa shape index (κ3) is 3.92. The van der Waals surface area contributed by atoms with Gasteiger partial charge in [-0.2, -0.15) is 5.10 Å². The Morgan fingerprint density at radius 3 is 2.90 bits per heavy atom. The molecule has 0 aliphatic rings. The van der Waals surface area contributed by atoms with Crippen LogP contribution in [0.3, 0.4) is 0 Å². The zero-order valence-corrected chi connectivity index (χ0v) is 14.9. The van der Waals surface area contributed by atoms with Gasteiger partial charge in [-0.05, 0) is 43.3 Å². The molecule has 0 radical (unpaired) electrons. The highest BCUT2D eigenvalue weighted by atomic mass is 79.9. The van der Waals surface area contributed by atoms with E-state index in [0.29, 0.717) is 16.7 Å². The Kier molecular flexibility index (Phi) is 5.54. The molecule has 2 heterocycles. The highest BCUT2D eigenvalue weighted by molar-refractivity contribution is 9.11. The summed E-state index contributed by atoms with van der Waals surface area (Å²) in [5.74, 6) is -0.528. The van der Waals surface area contributed by atoms with Gasteiger partial charge in [-0.1, -0.05) is 0 Å². The van der Waals surface area contributed by atoms with Crippen LogP contribution in [0.5, 0.6) is 0 Å². The van der Waals surface area contributed by atoms with Crippen LogP contribution in [-0.4, -0.2) is 22.9 Å². The average Bonchev–Trinajstić information content (AvgIpc) is 2.88. The van der Waals surface area contributed by atoms with Crippen molar-refractivity contribution in [1.82, 2.24) is 9.78 Å². The third-order valence-electron chi connectivity index (χ3n) is 2.62. The second-order valence-electron chi connectivity index (χ2n) is 3.96. The van der Waals surface area contributed by atoms with E-state index in [4.69, 9.17) is 0 Å². The lowest BCUT2D eigenvalue weighted by Crippen LogP contribution is -2.28. The van der Waals surface area contributed by atoms with E-state index in [-0.39, 0.29) is 6.54 Å². The van der Waals surface area contributed by atoms with Gasteiger partial charge in [0, 0.05) is 9.35 Å². The predicted octanol–water partition coefficient (Wildman–Crippen LogP) is 2.61. The maximum Gasteiger partial charge on any atom is 0.327 e. The molecule has 0 aromatic carbocycles. The molecule has 0 unspecified atom stereocenters. The van der Waals surface area contributed by atoms with Crippen LogP contribution in [0, 0.1) is 0 Å². The largest absolute Gasteiger partial charge is 0.468 e. The molecule has 0 saturated carbocycles. The molecule has 9 heteroatoms. The topological polar surface area (TPSA) is 73.2 Å². The summed E-state index contributed by atoms with van der Waals surface area (Å²) in [6.07, 6.45) is 1.50. The minimum Gasteiger partial charge on any atom is -0.468 e. The van der Waals surface area contributed by atoms with Crippen molar-refractivity contribution >= 4 is 54.9 Å². The highest BCUT2D eigenvalue weighted by Crippen LogP contribution is 2.24. The smallest absolute Gasteiger partial charge is 0.327 e. The van der Waals surface area contributed by atoms with E-state index < -0.39 is 11.5 Å². The monoisotopic (exact) mass is 435 g/mol. The summed E-state index contributed by atoms with van der Waals surface area (Å²) in [5, 5.41) is 9.06. The molecule has 0 bridgehead atoms. The fourth-order valence-corrected chi connectivity index (χ4v) is 3.39. The van der Waals surface area contributed by atoms with Crippen LogP contribution >= 0.6 is 43.2 Å². The predicted molar refractivity (Wildman–Crippen MR) is 87.6 cm³/mol. The minimum atomic E-state index is -0.528. The number of carbonyl (C=O) groups excluding carboxylic acids is 1. The molecule has 0 spiro atoms. The number of anilines is 1. The zero-order valence-electron chi connectivity index (χ0n) is 10.9. The normalized spacial score (nSPS) is 10.4. The number of hydrogen-bond donors (Lipinski definition) is 1. The lowest BCUT2D eigenvalue weighted by molar-refractivity contribution is -0.141. The first kappa shape index (κ1) is 16.2. The van der Waals surface area contributed by atoms with Crippen molar-refractivity contribution in [1.29, 1.82) is 0 Å². The Bertz CT molecular complexity index is 714. The Morgan fingerprint density at radius 2 is 2.29 bits per heavy atom. The van der Waals surface area contributed by atoms with Gasteiger partial charge in [0.25, 0.3) is 5.56 Å². The number of halogens is 2. The first-order valence-electron chi connectivity index (χ1n) is 5.81. The van der Waals surface area contributed by atoms with Crippen LogP contribution in [0.2, 0.25) is 0 Å². The van der Waals surface area contributed by atoms with Gasteiger partial charge in [0.2, 0.25) is 0 Å². The number of hydrogen-bond acceptors (Lipinski definition) is 6. The van der Waals surface area contributed by atoms with Crippen molar-refractivity contribution in [2.45, 2.75) is 13.1 Å². The van der Waals surface area contributed by atoms with E-state index in [2.05, 4.69) is 47.0 Å². The van der Waals surface area contributed by atoms with Crippen molar-refractivity contribution < 1.29 is 9.53 Å². The number of nitrogens with one attached hydrogen (secondary N) is 1. The van der Waals surface area contributed by atoms with E-state index in [0.717, 1.165) is 14.0 Å². The van der Waals surface area contributed by atoms with Gasteiger partial charge in [-0.15, -0.1) is 11.3 Å². The van der Waals surface area contributed by atoms with Crippen LogP contribution in [0.1, 0.15) is 4.88 Å². The molecule has 1 N–H and O–H groups in total. The van der Waals surface area contributed by atoms with Crippen LogP contribution in [0.4, 0.5) is 5.69 Å². The quantitative estimate of drug-likeness (QED) is 0.729. The lowest BCUT2D eigenvalue weighted by Gasteiger charge is -2.09. The number of rotatable bonds is 5. The summed E-state index contributed by atoms with van der Waals surface area (Å²) in [6, 6.07) is 1.96. The van der Waals surface area contributed by atoms with E-state index in [1.165, 1.54) is 13.3 Å². The zero-order chi connectivity index (χ0) is 15.4. The van der Waals surface area contributed by atoms with Crippen molar-refractivity contribution in [2.75, 3.05) is 12.4 Å². The van der Waals surface area contributed by atoms with Crippen molar-refractivity contribution in [3.63, 3.8) is 0 Å². The summed E-state index contributed by atoms with van der Waals surface area (Å²) in [7, 11) is 1.26. The molecule has 0 saturated heterocycles. The van der Waals surface area contributed by atoms with Crippen LogP contribution < -0.4 is 10.9 Å². The Hall–Kier alpha value is -1.19. The number of aromatic nitrogens is 2. The van der Waals surface area contributed by atoms with Crippen molar-refractivity contribution in [3.8, 4) is 0 Å². The molecule has 0 fully saturated rings.